The molecule has 0 spiro atoms. The van der Waals surface area contributed by atoms with Crippen LogP contribution < -0.4 is 0 Å². The number of hydrogen-bond donors (Lipinski definition) is 2. The molecular formula is C13H10BrNO2. The number of rotatable bonds is 2. The Kier molecular flexibility index (Phi) is 3.44. The Morgan fingerprint density at radius 2 is 1.76 bits per heavy atom. The summed E-state index contributed by atoms with van der Waals surface area (Å²) in [5, 5.41) is 22.2. The van der Waals surface area contributed by atoms with Crippen LogP contribution in [0.1, 0.15) is 11.1 Å². The molecule has 0 unspecified atom stereocenters. The van der Waals surface area contributed by atoms with Gasteiger partial charge in [-0.3, -0.25) is 0 Å². The number of benzene rings is 2. The third-order valence-corrected chi connectivity index (χ3v) is 2.85. The van der Waals surface area contributed by atoms with E-state index in [0.717, 1.165) is 10.0 Å². The molecule has 4 heteroatoms. The third-order valence-electron chi connectivity index (χ3n) is 2.36. The van der Waals surface area contributed by atoms with Crippen molar-refractivity contribution in [1.29, 1.82) is 0 Å². The molecule has 2 rings (SSSR count). The first-order chi connectivity index (χ1) is 8.22. The van der Waals surface area contributed by atoms with Crippen LogP contribution in [0.4, 0.5) is 0 Å². The van der Waals surface area contributed by atoms with Gasteiger partial charge in [-0.1, -0.05) is 51.4 Å². The minimum absolute atomic E-state index is 0.0739. The monoisotopic (exact) mass is 291 g/mol. The van der Waals surface area contributed by atoms with Gasteiger partial charge in [0.05, 0.1) is 0 Å². The lowest BCUT2D eigenvalue weighted by molar-refractivity contribution is 0.319. The van der Waals surface area contributed by atoms with Crippen LogP contribution in [-0.4, -0.2) is 16.0 Å². The van der Waals surface area contributed by atoms with Crippen molar-refractivity contribution >= 4 is 21.6 Å². The molecule has 0 fully saturated rings. The summed E-state index contributed by atoms with van der Waals surface area (Å²) in [4.78, 5) is 0. The highest BCUT2D eigenvalue weighted by Crippen LogP contribution is 2.24. The smallest absolute Gasteiger partial charge is 0.125 e. The molecule has 2 N–H and O–H groups in total. The summed E-state index contributed by atoms with van der Waals surface area (Å²) in [5.74, 6) is 0.0739. The van der Waals surface area contributed by atoms with Crippen LogP contribution in [0.2, 0.25) is 0 Å². The van der Waals surface area contributed by atoms with Crippen molar-refractivity contribution in [3.05, 3.63) is 64.1 Å². The summed E-state index contributed by atoms with van der Waals surface area (Å²) in [6.45, 7) is 0. The summed E-state index contributed by atoms with van der Waals surface area (Å²) in [6, 6.07) is 14.2. The first-order valence-electron chi connectivity index (χ1n) is 4.98. The minimum atomic E-state index is 0.0739. The maximum Gasteiger partial charge on any atom is 0.125 e. The maximum absolute atomic E-state index is 9.79. The average molecular weight is 292 g/mol. The molecule has 0 atom stereocenters. The van der Waals surface area contributed by atoms with Crippen LogP contribution in [0, 0.1) is 0 Å². The van der Waals surface area contributed by atoms with E-state index in [0.29, 0.717) is 11.3 Å². The van der Waals surface area contributed by atoms with Crippen LogP contribution in [-0.2, 0) is 0 Å². The number of phenols is 1. The molecule has 0 bridgehead atoms. The van der Waals surface area contributed by atoms with Crippen molar-refractivity contribution in [2.24, 2.45) is 5.16 Å². The molecule has 0 aromatic heterocycles. The highest BCUT2D eigenvalue weighted by molar-refractivity contribution is 9.10. The zero-order chi connectivity index (χ0) is 12.3. The summed E-state index contributed by atoms with van der Waals surface area (Å²) in [5.41, 5.74) is 1.56. The van der Waals surface area contributed by atoms with E-state index in [4.69, 9.17) is 5.21 Å². The molecule has 2 aromatic rings. The number of phenolic OH excluding ortho intramolecular Hbond substituents is 1. The summed E-state index contributed by atoms with van der Waals surface area (Å²) < 4.78 is 0.808. The SMILES string of the molecule is O/N=C(\c1ccccc1)c1cc(Br)ccc1O. The molecule has 86 valence electrons. The van der Waals surface area contributed by atoms with Crippen LogP contribution in [0.5, 0.6) is 5.75 Å². The Morgan fingerprint density at radius 1 is 1.06 bits per heavy atom. The van der Waals surface area contributed by atoms with Gasteiger partial charge in [-0.05, 0) is 18.2 Å². The topological polar surface area (TPSA) is 52.8 Å². The van der Waals surface area contributed by atoms with Gasteiger partial charge in [0.15, 0.2) is 0 Å². The summed E-state index contributed by atoms with van der Waals surface area (Å²) in [6.07, 6.45) is 0. The first-order valence-corrected chi connectivity index (χ1v) is 5.78. The molecule has 17 heavy (non-hydrogen) atoms. The number of hydrogen-bond acceptors (Lipinski definition) is 3. The van der Waals surface area contributed by atoms with E-state index >= 15 is 0 Å². The molecule has 0 amide bonds. The average Bonchev–Trinajstić information content (AvgIpc) is 2.36. The van der Waals surface area contributed by atoms with Crippen molar-refractivity contribution in [3.8, 4) is 5.75 Å². The predicted molar refractivity (Wildman–Crippen MR) is 69.7 cm³/mol. The van der Waals surface area contributed by atoms with Gasteiger partial charge in [-0.15, -0.1) is 0 Å². The molecule has 3 nitrogen and oxygen atoms in total. The summed E-state index contributed by atoms with van der Waals surface area (Å²) in [7, 11) is 0. The molecule has 0 aliphatic heterocycles. The molecule has 0 saturated carbocycles. The molecule has 0 radical (unpaired) electrons. The fourth-order valence-corrected chi connectivity index (χ4v) is 1.92. The second-order valence-corrected chi connectivity index (χ2v) is 4.39. The minimum Gasteiger partial charge on any atom is -0.507 e. The Labute approximate surface area is 107 Å². The largest absolute Gasteiger partial charge is 0.507 e. The quantitative estimate of drug-likeness (QED) is 0.506. The van der Waals surface area contributed by atoms with Gasteiger partial charge in [0.1, 0.15) is 11.5 Å². The second kappa shape index (κ2) is 5.01. The molecule has 0 saturated heterocycles. The fraction of sp³-hybridized carbons (Fsp3) is 0. The molecule has 2 aromatic carbocycles. The number of nitrogens with zero attached hydrogens (tertiary/aromatic N) is 1. The Hall–Kier alpha value is -1.81. The van der Waals surface area contributed by atoms with Gasteiger partial charge in [0.2, 0.25) is 0 Å². The molecule has 0 aliphatic rings. The van der Waals surface area contributed by atoms with E-state index in [1.807, 2.05) is 30.3 Å². The van der Waals surface area contributed by atoms with E-state index in [1.165, 1.54) is 0 Å². The van der Waals surface area contributed by atoms with Gasteiger partial charge in [0, 0.05) is 15.6 Å². The van der Waals surface area contributed by atoms with Crippen LogP contribution in [0.3, 0.4) is 0 Å². The van der Waals surface area contributed by atoms with Crippen molar-refractivity contribution in [2.75, 3.05) is 0 Å². The van der Waals surface area contributed by atoms with Crippen molar-refractivity contribution < 1.29 is 10.3 Å². The van der Waals surface area contributed by atoms with Gasteiger partial charge < -0.3 is 10.3 Å². The predicted octanol–water partition coefficient (Wildman–Crippen LogP) is 3.38. The van der Waals surface area contributed by atoms with Crippen molar-refractivity contribution in [3.63, 3.8) is 0 Å². The van der Waals surface area contributed by atoms with E-state index in [9.17, 15) is 5.11 Å². The third kappa shape index (κ3) is 2.47. The molecule has 0 heterocycles. The Morgan fingerprint density at radius 3 is 2.41 bits per heavy atom. The van der Waals surface area contributed by atoms with Gasteiger partial charge >= 0.3 is 0 Å². The normalized spacial score (nSPS) is 11.5. The van der Waals surface area contributed by atoms with Gasteiger partial charge in [0.25, 0.3) is 0 Å². The highest BCUT2D eigenvalue weighted by Gasteiger charge is 2.12. The number of halogens is 1. The standard InChI is InChI=1S/C13H10BrNO2/c14-10-6-7-12(16)11(8-10)13(15-17)9-4-2-1-3-5-9/h1-8,16-17H/b15-13+. The van der Waals surface area contributed by atoms with E-state index in [-0.39, 0.29) is 5.75 Å². The maximum atomic E-state index is 9.79. The Balaban J connectivity index is 2.54. The molecular weight excluding hydrogens is 282 g/mol. The Bertz CT molecular complexity index is 553. The van der Waals surface area contributed by atoms with E-state index < -0.39 is 0 Å². The lowest BCUT2D eigenvalue weighted by Gasteiger charge is -2.07. The lowest BCUT2D eigenvalue weighted by Crippen LogP contribution is -2.03. The number of oxime groups is 1. The van der Waals surface area contributed by atoms with Gasteiger partial charge in [-0.25, -0.2) is 0 Å². The number of aromatic hydroxyl groups is 1. The zero-order valence-corrected chi connectivity index (χ0v) is 10.4. The van der Waals surface area contributed by atoms with Crippen LogP contribution >= 0.6 is 15.9 Å². The summed E-state index contributed by atoms with van der Waals surface area (Å²) >= 11 is 3.32. The van der Waals surface area contributed by atoms with Crippen LogP contribution in [0.15, 0.2) is 58.2 Å². The second-order valence-electron chi connectivity index (χ2n) is 3.48. The highest BCUT2D eigenvalue weighted by atomic mass is 79.9. The zero-order valence-electron chi connectivity index (χ0n) is 8.84. The van der Waals surface area contributed by atoms with Crippen molar-refractivity contribution in [2.45, 2.75) is 0 Å². The van der Waals surface area contributed by atoms with Crippen molar-refractivity contribution in [1.82, 2.24) is 0 Å². The van der Waals surface area contributed by atoms with E-state index in [1.54, 1.807) is 18.2 Å². The molecule has 0 aliphatic carbocycles. The van der Waals surface area contributed by atoms with Gasteiger partial charge in [-0.2, -0.15) is 0 Å². The fourth-order valence-electron chi connectivity index (χ4n) is 1.56. The van der Waals surface area contributed by atoms with Crippen LogP contribution in [0.25, 0.3) is 0 Å². The first kappa shape index (κ1) is 11.7. The van der Waals surface area contributed by atoms with E-state index in [2.05, 4.69) is 21.1 Å². The lowest BCUT2D eigenvalue weighted by atomic mass is 10.0.